The quantitative estimate of drug-likeness (QED) is 0.0336. The van der Waals surface area contributed by atoms with Gasteiger partial charge in [0.05, 0.1) is 31.5 Å². The van der Waals surface area contributed by atoms with Crippen LogP contribution in [0.25, 0.3) is 0 Å². The number of ketones is 3. The zero-order valence-electron chi connectivity index (χ0n) is 42.8. The van der Waals surface area contributed by atoms with Crippen LogP contribution in [0.3, 0.4) is 0 Å². The van der Waals surface area contributed by atoms with Gasteiger partial charge in [0.2, 0.25) is 11.8 Å². The molecule has 3 aromatic carbocycles. The van der Waals surface area contributed by atoms with Gasteiger partial charge in [-0.25, -0.2) is 0 Å². The lowest BCUT2D eigenvalue weighted by atomic mass is 9.87. The van der Waals surface area contributed by atoms with Crippen LogP contribution in [0.2, 0.25) is 0 Å². The van der Waals surface area contributed by atoms with Crippen LogP contribution in [-0.2, 0) is 66.5 Å². The van der Waals surface area contributed by atoms with E-state index in [0.717, 1.165) is 29.5 Å². The van der Waals surface area contributed by atoms with E-state index in [1.165, 1.54) is 6.92 Å². The summed E-state index contributed by atoms with van der Waals surface area (Å²) >= 11 is 0. The van der Waals surface area contributed by atoms with Gasteiger partial charge in [-0.3, -0.25) is 33.4 Å². The fraction of sp³-hybridized carbons (Fsp3) is 0.536. The highest BCUT2D eigenvalue weighted by molar-refractivity contribution is 5.97. The second-order valence-electron chi connectivity index (χ2n) is 21.1. The van der Waals surface area contributed by atoms with Crippen LogP contribution < -0.4 is 20.1 Å². The van der Waals surface area contributed by atoms with Crippen molar-refractivity contribution in [2.75, 3.05) is 32.8 Å². The maximum absolute atomic E-state index is 14.7. The number of esters is 1. The van der Waals surface area contributed by atoms with Gasteiger partial charge < -0.3 is 29.3 Å². The topological polar surface area (TPSA) is 185 Å². The van der Waals surface area contributed by atoms with E-state index >= 15 is 0 Å². The molecule has 2 unspecified atom stereocenters. The van der Waals surface area contributed by atoms with E-state index in [4.69, 9.17) is 14.2 Å². The molecule has 1 saturated heterocycles. The first-order valence-corrected chi connectivity index (χ1v) is 25.4. The lowest BCUT2D eigenvalue weighted by Crippen LogP contribution is -2.57. The lowest BCUT2D eigenvalue weighted by molar-refractivity contribution is -0.940. The first-order valence-electron chi connectivity index (χ1n) is 25.4. The molecule has 0 spiro atoms. The van der Waals surface area contributed by atoms with Crippen LogP contribution in [-0.4, -0.2) is 99.5 Å². The van der Waals surface area contributed by atoms with E-state index in [1.54, 1.807) is 24.0 Å². The number of quaternary nitrogens is 1. The van der Waals surface area contributed by atoms with Gasteiger partial charge in [-0.15, -0.1) is 5.10 Å². The van der Waals surface area contributed by atoms with Crippen molar-refractivity contribution < 1.29 is 47.5 Å². The Bertz CT molecular complexity index is 2430. The molecule has 2 heterocycles. The molecule has 0 bridgehead atoms. The Balaban J connectivity index is 1.20. The Hall–Kier alpha value is -6.06. The van der Waals surface area contributed by atoms with Crippen molar-refractivity contribution in [2.24, 2.45) is 36.1 Å². The summed E-state index contributed by atoms with van der Waals surface area (Å²) in [5, 5.41) is 14.3. The van der Waals surface area contributed by atoms with Crippen LogP contribution >= 0.6 is 0 Å². The third-order valence-corrected chi connectivity index (χ3v) is 13.7. The number of rotatable bonds is 28. The Morgan fingerprint density at radius 3 is 2.00 bits per heavy atom. The number of nitrogens with zero attached hydrogens (tertiary/aromatic N) is 4. The number of hydrogen-bond donors (Lipinski definition) is 2. The molecule has 2 N–H and O–H groups in total. The maximum Gasteiger partial charge on any atom is 0.308 e. The molecular formula is C56H75N6O9+. The van der Waals surface area contributed by atoms with Crippen molar-refractivity contribution in [1.82, 2.24) is 25.6 Å². The molecule has 6 rings (SSSR count). The third kappa shape index (κ3) is 16.8. The number of Topliss-reactive ketones (excluding diaryl/α,β-unsaturated/α-hetero) is 3. The third-order valence-electron chi connectivity index (χ3n) is 13.7. The number of aromatic nitrogens is 3. The fourth-order valence-corrected chi connectivity index (χ4v) is 9.55. The highest BCUT2D eigenvalue weighted by Crippen LogP contribution is 2.47. The number of carbonyl (C=O) groups is 6. The normalized spacial score (nSPS) is 16.6. The second-order valence-corrected chi connectivity index (χ2v) is 21.1. The van der Waals surface area contributed by atoms with Gasteiger partial charge in [0, 0.05) is 49.6 Å². The SMILES string of the molecule is CC(=O)Oc1ccc(C[N+]2(CC(=O)C[C@@H](CCc3ccccc3)C(=O)NC(CC(C)C)C(=O)C[C@@H](Cc3ccccc3)C(=O)NC(CC(C)C)C(=O)C3(C)CC3)CCOCC2)cc1OCc1cn(C)nn1. The van der Waals surface area contributed by atoms with E-state index in [0.29, 0.717) is 74.5 Å². The zero-order valence-corrected chi connectivity index (χ0v) is 42.8. The summed E-state index contributed by atoms with van der Waals surface area (Å²) in [5.74, 6) is -2.27. The van der Waals surface area contributed by atoms with Gasteiger partial charge in [0.1, 0.15) is 38.5 Å². The molecule has 2 aliphatic rings. The van der Waals surface area contributed by atoms with Crippen molar-refractivity contribution in [3.8, 4) is 11.5 Å². The van der Waals surface area contributed by atoms with Gasteiger partial charge in [0.25, 0.3) is 0 Å². The summed E-state index contributed by atoms with van der Waals surface area (Å²) in [5.41, 5.74) is 2.93. The van der Waals surface area contributed by atoms with E-state index in [2.05, 4.69) is 20.9 Å². The molecule has 15 nitrogen and oxygen atoms in total. The van der Waals surface area contributed by atoms with Gasteiger partial charge in [-0.05, 0) is 86.1 Å². The fourth-order valence-electron chi connectivity index (χ4n) is 9.55. The van der Waals surface area contributed by atoms with Gasteiger partial charge in [-0.2, -0.15) is 0 Å². The Morgan fingerprint density at radius 1 is 0.775 bits per heavy atom. The number of ether oxygens (including phenoxy) is 3. The number of morpholine rings is 1. The zero-order chi connectivity index (χ0) is 51.1. The lowest BCUT2D eigenvalue weighted by Gasteiger charge is -2.41. The number of nitrogens with one attached hydrogen (secondary N) is 2. The van der Waals surface area contributed by atoms with Crippen LogP contribution in [0.1, 0.15) is 109 Å². The average molecular weight is 976 g/mol. The van der Waals surface area contributed by atoms with Crippen LogP contribution in [0.5, 0.6) is 11.5 Å². The molecule has 4 atom stereocenters. The smallest absolute Gasteiger partial charge is 0.308 e. The number of benzene rings is 3. The van der Waals surface area contributed by atoms with Crippen LogP contribution in [0, 0.1) is 29.1 Å². The summed E-state index contributed by atoms with van der Waals surface area (Å²) < 4.78 is 19.3. The summed E-state index contributed by atoms with van der Waals surface area (Å²) in [6.07, 6.45) is 5.20. The standard InChI is InChI=1S/C56H74N6O9/c1-38(2)28-48(50(65)33-45(30-42-16-12-9-13-17-42)55(68)58-49(29-39(3)4)53(66)56(6)22-23-56)57-54(67)44(20-18-41-14-10-8-11-15-41)32-47(64)36-62(24-26-69-27-25-62)35-43-19-21-51(71-40(5)63)52(31-43)70-37-46-34-61(7)60-59-46/h8-17,19,21,31,34,38-39,44-45,48-49H,18,20,22-30,32-33,35-37H2,1-7H3,(H-,57,58,67,68)/p+1/t44-,45-,48?,49?/m1/s1. The van der Waals surface area contributed by atoms with Gasteiger partial charge in [0.15, 0.2) is 28.8 Å². The predicted molar refractivity (Wildman–Crippen MR) is 269 cm³/mol. The Kier molecular flexibility index (Phi) is 19.4. The molecule has 2 fully saturated rings. The Labute approximate surface area is 419 Å². The first-order chi connectivity index (χ1) is 33.9. The van der Waals surface area contributed by atoms with Gasteiger partial charge in [-0.1, -0.05) is 100 Å². The molecule has 1 aliphatic heterocycles. The Morgan fingerprint density at radius 2 is 1.39 bits per heavy atom. The molecule has 2 amide bonds. The minimum atomic E-state index is -0.903. The van der Waals surface area contributed by atoms with E-state index in [-0.39, 0.29) is 79.2 Å². The van der Waals surface area contributed by atoms with E-state index in [9.17, 15) is 28.8 Å². The van der Waals surface area contributed by atoms with Crippen LogP contribution in [0.15, 0.2) is 85.1 Å². The van der Waals surface area contributed by atoms with Gasteiger partial charge >= 0.3 is 5.97 Å². The molecule has 382 valence electrons. The average Bonchev–Trinajstić information content (AvgIpc) is 3.95. The minimum Gasteiger partial charge on any atom is -0.483 e. The summed E-state index contributed by atoms with van der Waals surface area (Å²) in [7, 11) is 1.76. The molecule has 1 saturated carbocycles. The number of hydrogen-bond acceptors (Lipinski definition) is 11. The van der Waals surface area contributed by atoms with E-state index in [1.807, 2.05) is 107 Å². The van der Waals surface area contributed by atoms with Crippen molar-refractivity contribution in [2.45, 2.75) is 125 Å². The monoisotopic (exact) mass is 976 g/mol. The number of aryl methyl sites for hydroxylation is 2. The summed E-state index contributed by atoms with van der Waals surface area (Å²) in [4.78, 5) is 83.9. The summed E-state index contributed by atoms with van der Waals surface area (Å²) in [6, 6.07) is 23.2. The second kappa shape index (κ2) is 25.4. The molecule has 71 heavy (non-hydrogen) atoms. The largest absolute Gasteiger partial charge is 0.483 e. The highest BCUT2D eigenvalue weighted by Gasteiger charge is 2.48. The van der Waals surface area contributed by atoms with E-state index < -0.39 is 35.3 Å². The first kappa shape index (κ1) is 54.3. The van der Waals surface area contributed by atoms with Crippen LogP contribution in [0.4, 0.5) is 0 Å². The van der Waals surface area contributed by atoms with Crippen molar-refractivity contribution in [3.05, 3.63) is 107 Å². The number of amides is 2. The molecule has 1 aromatic heterocycles. The highest BCUT2D eigenvalue weighted by atomic mass is 16.6. The number of carbonyl (C=O) groups excluding carboxylic acids is 6. The molecule has 1 aliphatic carbocycles. The maximum atomic E-state index is 14.7. The molecular weight excluding hydrogens is 901 g/mol. The van der Waals surface area contributed by atoms with Crippen molar-refractivity contribution in [3.63, 3.8) is 0 Å². The summed E-state index contributed by atoms with van der Waals surface area (Å²) in [6.45, 7) is 14.0. The van der Waals surface area contributed by atoms with Crippen molar-refractivity contribution in [1.29, 1.82) is 0 Å². The molecule has 4 aromatic rings. The molecule has 0 radical (unpaired) electrons. The van der Waals surface area contributed by atoms with Crippen molar-refractivity contribution >= 4 is 35.1 Å². The minimum absolute atomic E-state index is 0.0223. The predicted octanol–water partition coefficient (Wildman–Crippen LogP) is 7.12. The molecule has 15 heteroatoms.